The number of urea groups is 1. The topological polar surface area (TPSA) is 102 Å². The number of ether oxygens (including phenoxy) is 1. The molecule has 9 heteroatoms. The number of amides is 2. The maximum Gasteiger partial charge on any atom is 0.320 e. The molecule has 1 aromatic rings. The van der Waals surface area contributed by atoms with Crippen molar-refractivity contribution in [2.45, 2.75) is 0 Å². The Morgan fingerprint density at radius 2 is 2.28 bits per heavy atom. The van der Waals surface area contributed by atoms with Crippen molar-refractivity contribution in [3.05, 3.63) is 48.6 Å². The summed E-state index contributed by atoms with van der Waals surface area (Å²) in [4.78, 5) is 16.1. The molecule has 2 amide bonds. The monoisotopic (exact) mass is 341 g/mol. The number of hydrogen-bond donors (Lipinski definition) is 4. The SMILES string of the molecule is C=C1N=C2C=C(NC)N1/N=C\NC(=O)NCCOc1cccc(c1)N2. The molecule has 0 spiro atoms. The minimum absolute atomic E-state index is 0.349. The zero-order valence-electron chi connectivity index (χ0n) is 13.7. The average Bonchev–Trinajstić information content (AvgIpc) is 2.60. The Morgan fingerprint density at radius 3 is 3.12 bits per heavy atom. The van der Waals surface area contributed by atoms with Gasteiger partial charge in [-0.25, -0.2) is 9.79 Å². The summed E-state index contributed by atoms with van der Waals surface area (Å²) in [7, 11) is 1.76. The van der Waals surface area contributed by atoms with Crippen molar-refractivity contribution in [1.82, 2.24) is 21.0 Å². The van der Waals surface area contributed by atoms with Crippen LogP contribution in [-0.4, -0.2) is 43.4 Å². The van der Waals surface area contributed by atoms with Crippen LogP contribution in [0.4, 0.5) is 10.5 Å². The van der Waals surface area contributed by atoms with Gasteiger partial charge in [-0.05, 0) is 12.1 Å². The van der Waals surface area contributed by atoms with Gasteiger partial charge in [-0.1, -0.05) is 12.6 Å². The first-order valence-corrected chi connectivity index (χ1v) is 7.69. The van der Waals surface area contributed by atoms with Crippen LogP contribution in [0.15, 0.2) is 58.7 Å². The quantitative estimate of drug-likeness (QED) is 0.610. The van der Waals surface area contributed by atoms with Crippen LogP contribution in [0.2, 0.25) is 0 Å². The van der Waals surface area contributed by atoms with Crippen LogP contribution >= 0.6 is 0 Å². The van der Waals surface area contributed by atoms with E-state index in [1.165, 1.54) is 11.3 Å². The van der Waals surface area contributed by atoms with Crippen LogP contribution in [0.25, 0.3) is 0 Å². The van der Waals surface area contributed by atoms with Gasteiger partial charge in [-0.2, -0.15) is 10.1 Å². The number of anilines is 1. The molecule has 0 fully saturated rings. The third kappa shape index (κ3) is 4.08. The predicted molar refractivity (Wildman–Crippen MR) is 96.1 cm³/mol. The molecule has 9 nitrogen and oxygen atoms in total. The van der Waals surface area contributed by atoms with Crippen molar-refractivity contribution in [2.75, 3.05) is 25.5 Å². The number of aliphatic imine (C=N–C) groups is 1. The van der Waals surface area contributed by atoms with Gasteiger partial charge in [0.25, 0.3) is 0 Å². The van der Waals surface area contributed by atoms with Gasteiger partial charge in [-0.15, -0.1) is 0 Å². The molecule has 130 valence electrons. The fraction of sp³-hybridized carbons (Fsp3) is 0.188. The molecular formula is C16H19N7O2. The van der Waals surface area contributed by atoms with Crippen molar-refractivity contribution >= 4 is 23.9 Å². The number of rotatable bonds is 1. The molecule has 0 unspecified atom stereocenters. The first-order valence-electron chi connectivity index (χ1n) is 7.69. The summed E-state index contributed by atoms with van der Waals surface area (Å²) in [6, 6.07) is 7.10. The molecule has 3 aliphatic rings. The first kappa shape index (κ1) is 16.4. The molecule has 0 aromatic heterocycles. The number of fused-ring (bicyclic) bond motifs is 7. The van der Waals surface area contributed by atoms with Gasteiger partial charge in [-0.3, -0.25) is 5.32 Å². The van der Waals surface area contributed by atoms with E-state index < -0.39 is 0 Å². The standard InChI is InChI=1S/C16H19N7O2/c1-11-21-14-9-15(17-2)23(11)20-10-19-16(24)18-6-7-25-13-5-3-4-12(8-13)22-14/h3-5,8-10,17H,1,6-7H2,2H3,(H,21,22)(H2,18,19,20,24). The van der Waals surface area contributed by atoms with E-state index in [0.717, 1.165) is 5.69 Å². The number of benzene rings is 1. The molecule has 0 saturated heterocycles. The second-order valence-electron chi connectivity index (χ2n) is 5.15. The van der Waals surface area contributed by atoms with Crippen LogP contribution in [0, 0.1) is 0 Å². The van der Waals surface area contributed by atoms with E-state index >= 15 is 0 Å². The Bertz CT molecular complexity index is 770. The smallest absolute Gasteiger partial charge is 0.320 e. The van der Waals surface area contributed by atoms with Crippen molar-refractivity contribution < 1.29 is 9.53 Å². The fourth-order valence-electron chi connectivity index (χ4n) is 2.26. The van der Waals surface area contributed by atoms with Gasteiger partial charge in [0.15, 0.2) is 5.82 Å². The van der Waals surface area contributed by atoms with Gasteiger partial charge >= 0.3 is 6.03 Å². The minimum atomic E-state index is -0.378. The summed E-state index contributed by atoms with van der Waals surface area (Å²) >= 11 is 0. The lowest BCUT2D eigenvalue weighted by Crippen LogP contribution is -2.38. The van der Waals surface area contributed by atoms with Crippen molar-refractivity contribution in [1.29, 1.82) is 0 Å². The Kier molecular flexibility index (Phi) is 4.84. The van der Waals surface area contributed by atoms with Crippen molar-refractivity contribution in [3.63, 3.8) is 0 Å². The van der Waals surface area contributed by atoms with E-state index in [0.29, 0.717) is 36.4 Å². The third-order valence-electron chi connectivity index (χ3n) is 3.38. The number of carbonyl (C=O) groups is 1. The summed E-state index contributed by atoms with van der Waals surface area (Å²) in [6.07, 6.45) is 3.06. The Hall–Kier alpha value is -3.49. The molecule has 4 bridgehead atoms. The van der Waals surface area contributed by atoms with Crippen molar-refractivity contribution in [2.24, 2.45) is 10.1 Å². The summed E-state index contributed by atoms with van der Waals surface area (Å²) in [5, 5.41) is 17.1. The highest BCUT2D eigenvalue weighted by atomic mass is 16.5. The van der Waals surface area contributed by atoms with Crippen LogP contribution in [0.3, 0.4) is 0 Å². The zero-order valence-corrected chi connectivity index (χ0v) is 13.7. The summed E-state index contributed by atoms with van der Waals surface area (Å²) < 4.78 is 5.63. The van der Waals surface area contributed by atoms with Gasteiger partial charge in [0.2, 0.25) is 0 Å². The zero-order chi connectivity index (χ0) is 17.6. The molecule has 3 aliphatic heterocycles. The Labute approximate surface area is 145 Å². The highest BCUT2D eigenvalue weighted by Crippen LogP contribution is 2.21. The number of carbonyl (C=O) groups excluding carboxylic acids is 1. The maximum atomic E-state index is 11.7. The number of amidine groups is 1. The van der Waals surface area contributed by atoms with E-state index in [1.807, 2.05) is 24.3 Å². The lowest BCUT2D eigenvalue weighted by molar-refractivity contribution is 0.241. The molecule has 4 rings (SSSR count). The minimum Gasteiger partial charge on any atom is -0.492 e. The second-order valence-corrected chi connectivity index (χ2v) is 5.15. The largest absolute Gasteiger partial charge is 0.492 e. The number of nitrogens with zero attached hydrogens (tertiary/aromatic N) is 3. The second kappa shape index (κ2) is 7.39. The van der Waals surface area contributed by atoms with E-state index in [-0.39, 0.29) is 6.03 Å². The van der Waals surface area contributed by atoms with Crippen LogP contribution in [-0.2, 0) is 0 Å². The summed E-state index contributed by atoms with van der Waals surface area (Å²) in [5.41, 5.74) is 0.825. The van der Waals surface area contributed by atoms with Gasteiger partial charge in [0.05, 0.1) is 6.54 Å². The van der Waals surface area contributed by atoms with Gasteiger partial charge in [0.1, 0.15) is 30.4 Å². The maximum absolute atomic E-state index is 11.7. The molecule has 0 saturated carbocycles. The van der Waals surface area contributed by atoms with Crippen LogP contribution < -0.4 is 26.0 Å². The van der Waals surface area contributed by atoms with E-state index in [1.54, 1.807) is 13.1 Å². The van der Waals surface area contributed by atoms with Gasteiger partial charge in [0, 0.05) is 24.9 Å². The highest BCUT2D eigenvalue weighted by molar-refractivity contribution is 6.05. The predicted octanol–water partition coefficient (Wildman–Crippen LogP) is 0.979. The van der Waals surface area contributed by atoms with E-state index in [2.05, 4.69) is 37.9 Å². The number of hydrogen-bond acceptors (Lipinski definition) is 7. The lowest BCUT2D eigenvalue weighted by atomic mass is 10.3. The number of hydrazone groups is 1. The molecule has 4 N–H and O–H groups in total. The molecule has 0 radical (unpaired) electrons. The lowest BCUT2D eigenvalue weighted by Gasteiger charge is -2.25. The fourth-order valence-corrected chi connectivity index (χ4v) is 2.26. The third-order valence-corrected chi connectivity index (χ3v) is 3.38. The highest BCUT2D eigenvalue weighted by Gasteiger charge is 2.18. The molecule has 0 aliphatic carbocycles. The summed E-state index contributed by atoms with van der Waals surface area (Å²) in [6.45, 7) is 4.61. The number of nitrogens with one attached hydrogen (secondary N) is 4. The van der Waals surface area contributed by atoms with E-state index in [4.69, 9.17) is 4.74 Å². The summed E-state index contributed by atoms with van der Waals surface area (Å²) in [5.74, 6) is 2.35. The van der Waals surface area contributed by atoms with Crippen LogP contribution in [0.1, 0.15) is 0 Å². The van der Waals surface area contributed by atoms with Gasteiger partial charge < -0.3 is 20.7 Å². The Balaban J connectivity index is 1.92. The Morgan fingerprint density at radius 1 is 1.40 bits per heavy atom. The average molecular weight is 341 g/mol. The van der Waals surface area contributed by atoms with Crippen LogP contribution in [0.5, 0.6) is 5.75 Å². The molecular weight excluding hydrogens is 322 g/mol. The first-order chi connectivity index (χ1) is 12.2. The van der Waals surface area contributed by atoms with Crippen molar-refractivity contribution in [3.8, 4) is 5.75 Å². The molecule has 3 heterocycles. The molecule has 25 heavy (non-hydrogen) atoms. The normalized spacial score (nSPS) is 18.8. The van der Waals surface area contributed by atoms with E-state index in [9.17, 15) is 4.79 Å². The molecule has 0 atom stereocenters. The molecule has 1 aromatic carbocycles.